The van der Waals surface area contributed by atoms with Gasteiger partial charge in [-0.2, -0.15) is 10.2 Å². The quantitative estimate of drug-likeness (QED) is 0.617. The average Bonchev–Trinajstić information content (AvgIpc) is 2.04. The molecular formula is C8H7N3O. The second-order valence-electron chi connectivity index (χ2n) is 2.39. The van der Waals surface area contributed by atoms with Crippen molar-refractivity contribution in [3.05, 3.63) is 34.0 Å². The SMILES string of the molecule is Cc1cc(C#N)cc(CN=O)n1. The summed E-state index contributed by atoms with van der Waals surface area (Å²) in [4.78, 5) is 13.9. The number of pyridine rings is 1. The lowest BCUT2D eigenvalue weighted by atomic mass is 10.2. The van der Waals surface area contributed by atoms with E-state index < -0.39 is 0 Å². The van der Waals surface area contributed by atoms with Crippen LogP contribution in [0.2, 0.25) is 0 Å². The van der Waals surface area contributed by atoms with Gasteiger partial charge in [-0.1, -0.05) is 5.18 Å². The van der Waals surface area contributed by atoms with Crippen molar-refractivity contribution in [1.82, 2.24) is 4.98 Å². The maximum absolute atomic E-state index is 9.91. The van der Waals surface area contributed by atoms with E-state index in [-0.39, 0.29) is 6.54 Å². The first-order valence-electron chi connectivity index (χ1n) is 3.43. The molecule has 1 aromatic rings. The topological polar surface area (TPSA) is 66.1 Å². The number of nitrogens with zero attached hydrogens (tertiary/aromatic N) is 3. The van der Waals surface area contributed by atoms with E-state index in [0.29, 0.717) is 11.3 Å². The summed E-state index contributed by atoms with van der Waals surface area (Å²) in [5, 5.41) is 11.3. The van der Waals surface area contributed by atoms with Crippen molar-refractivity contribution in [2.45, 2.75) is 13.5 Å². The molecule has 0 spiro atoms. The maximum Gasteiger partial charge on any atom is 0.123 e. The standard InChI is InChI=1S/C8H7N3O/c1-6-2-7(4-9)3-8(11-6)5-10-12/h2-3H,5H2,1H3. The third-order valence-electron chi connectivity index (χ3n) is 1.36. The van der Waals surface area contributed by atoms with Gasteiger partial charge >= 0.3 is 0 Å². The molecule has 0 fully saturated rings. The van der Waals surface area contributed by atoms with E-state index in [1.54, 1.807) is 19.1 Å². The highest BCUT2D eigenvalue weighted by atomic mass is 16.3. The Morgan fingerprint density at radius 2 is 2.42 bits per heavy atom. The fraction of sp³-hybridized carbons (Fsp3) is 0.250. The summed E-state index contributed by atoms with van der Waals surface area (Å²) in [6.07, 6.45) is 0. The summed E-state index contributed by atoms with van der Waals surface area (Å²) in [6.45, 7) is 1.80. The molecule has 1 aromatic heterocycles. The van der Waals surface area contributed by atoms with E-state index in [2.05, 4.69) is 10.2 Å². The Balaban J connectivity index is 3.07. The highest BCUT2D eigenvalue weighted by Gasteiger charge is 1.98. The van der Waals surface area contributed by atoms with Gasteiger partial charge in [-0.25, -0.2) is 0 Å². The predicted octanol–water partition coefficient (Wildman–Crippen LogP) is 1.53. The van der Waals surface area contributed by atoms with Gasteiger partial charge in [-0.15, -0.1) is 0 Å². The summed E-state index contributed by atoms with van der Waals surface area (Å²) in [6, 6.07) is 5.21. The Morgan fingerprint density at radius 1 is 1.67 bits per heavy atom. The van der Waals surface area contributed by atoms with Gasteiger partial charge in [-0.3, -0.25) is 4.98 Å². The fourth-order valence-corrected chi connectivity index (χ4v) is 0.949. The number of nitriles is 1. The minimum Gasteiger partial charge on any atom is -0.256 e. The average molecular weight is 161 g/mol. The zero-order chi connectivity index (χ0) is 8.97. The van der Waals surface area contributed by atoms with Crippen LogP contribution in [0, 0.1) is 23.2 Å². The van der Waals surface area contributed by atoms with Crippen LogP contribution in [0.4, 0.5) is 0 Å². The molecule has 0 atom stereocenters. The van der Waals surface area contributed by atoms with Crippen LogP contribution in [-0.4, -0.2) is 4.98 Å². The molecule has 0 N–H and O–H groups in total. The molecule has 12 heavy (non-hydrogen) atoms. The minimum atomic E-state index is 0.0242. The van der Waals surface area contributed by atoms with E-state index in [0.717, 1.165) is 5.69 Å². The molecule has 0 radical (unpaired) electrons. The molecule has 60 valence electrons. The lowest BCUT2D eigenvalue weighted by Crippen LogP contribution is -1.91. The Bertz CT molecular complexity index is 341. The van der Waals surface area contributed by atoms with E-state index >= 15 is 0 Å². The maximum atomic E-state index is 9.91. The van der Waals surface area contributed by atoms with E-state index in [4.69, 9.17) is 5.26 Å². The van der Waals surface area contributed by atoms with Gasteiger partial charge in [0.1, 0.15) is 6.54 Å². The fourth-order valence-electron chi connectivity index (χ4n) is 0.949. The number of rotatable bonds is 2. The molecule has 0 aromatic carbocycles. The number of hydrogen-bond donors (Lipinski definition) is 0. The first kappa shape index (κ1) is 8.34. The second-order valence-corrected chi connectivity index (χ2v) is 2.39. The van der Waals surface area contributed by atoms with E-state index in [1.165, 1.54) is 0 Å². The van der Waals surface area contributed by atoms with Crippen LogP contribution in [0.15, 0.2) is 17.3 Å². The highest BCUT2D eigenvalue weighted by molar-refractivity contribution is 5.31. The summed E-state index contributed by atoms with van der Waals surface area (Å²) in [5.41, 5.74) is 1.79. The third kappa shape index (κ3) is 1.86. The summed E-state index contributed by atoms with van der Waals surface area (Å²) in [7, 11) is 0. The van der Waals surface area contributed by atoms with E-state index in [9.17, 15) is 4.91 Å². The minimum absolute atomic E-state index is 0.0242. The molecule has 0 amide bonds. The van der Waals surface area contributed by atoms with Crippen LogP contribution in [-0.2, 0) is 6.54 Å². The molecule has 0 saturated carbocycles. The molecule has 0 aliphatic rings. The number of aromatic nitrogens is 1. The van der Waals surface area contributed by atoms with Crippen LogP contribution in [0.1, 0.15) is 17.0 Å². The van der Waals surface area contributed by atoms with Crippen molar-refractivity contribution in [3.63, 3.8) is 0 Å². The normalized spacial score (nSPS) is 9.00. The Morgan fingerprint density at radius 3 is 3.00 bits per heavy atom. The van der Waals surface area contributed by atoms with Crippen molar-refractivity contribution in [2.75, 3.05) is 0 Å². The first-order chi connectivity index (χ1) is 5.76. The molecule has 0 saturated heterocycles. The molecular weight excluding hydrogens is 154 g/mol. The zero-order valence-electron chi connectivity index (χ0n) is 6.61. The van der Waals surface area contributed by atoms with Crippen molar-refractivity contribution >= 4 is 0 Å². The van der Waals surface area contributed by atoms with Crippen LogP contribution in [0.5, 0.6) is 0 Å². The molecule has 1 heterocycles. The molecule has 4 heteroatoms. The van der Waals surface area contributed by atoms with Gasteiger partial charge in [0.15, 0.2) is 0 Å². The van der Waals surface area contributed by atoms with E-state index in [1.807, 2.05) is 6.07 Å². The molecule has 0 bridgehead atoms. The van der Waals surface area contributed by atoms with Gasteiger partial charge in [0.25, 0.3) is 0 Å². The van der Waals surface area contributed by atoms with Crippen molar-refractivity contribution in [3.8, 4) is 6.07 Å². The van der Waals surface area contributed by atoms with Crippen LogP contribution >= 0.6 is 0 Å². The third-order valence-corrected chi connectivity index (χ3v) is 1.36. The van der Waals surface area contributed by atoms with Gasteiger partial charge in [-0.05, 0) is 19.1 Å². The number of hydrogen-bond acceptors (Lipinski definition) is 4. The molecule has 4 nitrogen and oxygen atoms in total. The number of nitroso groups, excluding NO2 is 1. The second kappa shape index (κ2) is 3.58. The van der Waals surface area contributed by atoms with Crippen molar-refractivity contribution < 1.29 is 0 Å². The van der Waals surface area contributed by atoms with Crippen molar-refractivity contribution in [2.24, 2.45) is 5.18 Å². The molecule has 0 aliphatic heterocycles. The molecule has 1 rings (SSSR count). The van der Waals surface area contributed by atoms with Crippen LogP contribution in [0.3, 0.4) is 0 Å². The molecule has 0 aliphatic carbocycles. The summed E-state index contributed by atoms with van der Waals surface area (Å²) in [5.74, 6) is 0. The smallest absolute Gasteiger partial charge is 0.123 e. The van der Waals surface area contributed by atoms with Gasteiger partial charge in [0.2, 0.25) is 0 Å². The Kier molecular flexibility index (Phi) is 2.49. The largest absolute Gasteiger partial charge is 0.256 e. The van der Waals surface area contributed by atoms with Gasteiger partial charge < -0.3 is 0 Å². The lowest BCUT2D eigenvalue weighted by molar-refractivity contribution is 0.959. The lowest BCUT2D eigenvalue weighted by Gasteiger charge is -1.96. The van der Waals surface area contributed by atoms with Gasteiger partial charge in [0.05, 0.1) is 17.3 Å². The van der Waals surface area contributed by atoms with Gasteiger partial charge in [0, 0.05) is 5.69 Å². The zero-order valence-corrected chi connectivity index (χ0v) is 6.61. The monoisotopic (exact) mass is 161 g/mol. The summed E-state index contributed by atoms with van der Waals surface area (Å²) < 4.78 is 0. The first-order valence-corrected chi connectivity index (χ1v) is 3.43. The highest BCUT2D eigenvalue weighted by Crippen LogP contribution is 2.05. The molecule has 0 unspecified atom stereocenters. The Labute approximate surface area is 69.8 Å². The van der Waals surface area contributed by atoms with Crippen LogP contribution < -0.4 is 0 Å². The Hall–Kier alpha value is -1.76. The number of aryl methyl sites for hydroxylation is 1. The van der Waals surface area contributed by atoms with Crippen molar-refractivity contribution in [1.29, 1.82) is 5.26 Å². The van der Waals surface area contributed by atoms with Crippen LogP contribution in [0.25, 0.3) is 0 Å². The summed E-state index contributed by atoms with van der Waals surface area (Å²) >= 11 is 0. The predicted molar refractivity (Wildman–Crippen MR) is 43.2 cm³/mol.